The number of hydrogen-bond acceptors (Lipinski definition) is 4. The van der Waals surface area contributed by atoms with Crippen molar-refractivity contribution in [3.05, 3.63) is 22.4 Å². The maximum atomic E-state index is 11.6. The SMILES string of the molecule is NS(=O)(=O)C1CC(=O)N(Cc2ccsc2)C1. The van der Waals surface area contributed by atoms with Crippen molar-refractivity contribution in [1.29, 1.82) is 0 Å². The van der Waals surface area contributed by atoms with Gasteiger partial charge in [0.15, 0.2) is 0 Å². The molecule has 2 N–H and O–H groups in total. The molecule has 1 saturated heterocycles. The molecule has 0 aliphatic carbocycles. The van der Waals surface area contributed by atoms with Crippen molar-refractivity contribution in [2.45, 2.75) is 18.2 Å². The zero-order valence-corrected chi connectivity index (χ0v) is 10.1. The van der Waals surface area contributed by atoms with Crippen LogP contribution in [0, 0.1) is 0 Å². The maximum absolute atomic E-state index is 11.6. The second-order valence-electron chi connectivity index (χ2n) is 3.82. The van der Waals surface area contributed by atoms with Crippen molar-refractivity contribution < 1.29 is 13.2 Å². The van der Waals surface area contributed by atoms with Crippen LogP contribution in [-0.2, 0) is 21.4 Å². The van der Waals surface area contributed by atoms with Crippen LogP contribution < -0.4 is 5.14 Å². The molecule has 0 bridgehead atoms. The number of thiophene rings is 1. The molecule has 1 unspecified atom stereocenters. The number of amides is 1. The average molecular weight is 260 g/mol. The van der Waals surface area contributed by atoms with Gasteiger partial charge in [-0.15, -0.1) is 0 Å². The molecule has 5 nitrogen and oxygen atoms in total. The van der Waals surface area contributed by atoms with E-state index in [0.29, 0.717) is 6.54 Å². The third kappa shape index (κ3) is 2.42. The molecule has 88 valence electrons. The number of carbonyl (C=O) groups is 1. The smallest absolute Gasteiger partial charge is 0.224 e. The molecule has 1 atom stereocenters. The highest BCUT2D eigenvalue weighted by Crippen LogP contribution is 2.19. The Morgan fingerprint density at radius 2 is 2.31 bits per heavy atom. The van der Waals surface area contributed by atoms with Gasteiger partial charge in [0.25, 0.3) is 0 Å². The van der Waals surface area contributed by atoms with Gasteiger partial charge in [0.2, 0.25) is 15.9 Å². The Hall–Kier alpha value is -0.920. The number of nitrogens with zero attached hydrogens (tertiary/aromatic N) is 1. The molecule has 0 radical (unpaired) electrons. The van der Waals surface area contributed by atoms with Crippen LogP contribution in [0.25, 0.3) is 0 Å². The van der Waals surface area contributed by atoms with E-state index in [-0.39, 0.29) is 18.9 Å². The maximum Gasteiger partial charge on any atom is 0.224 e. The molecule has 0 saturated carbocycles. The van der Waals surface area contributed by atoms with Crippen molar-refractivity contribution in [3.8, 4) is 0 Å². The van der Waals surface area contributed by atoms with Crippen LogP contribution in [0.1, 0.15) is 12.0 Å². The summed E-state index contributed by atoms with van der Waals surface area (Å²) in [4.78, 5) is 13.1. The van der Waals surface area contributed by atoms with Crippen LogP contribution in [-0.4, -0.2) is 31.0 Å². The highest BCUT2D eigenvalue weighted by Gasteiger charge is 2.36. The first-order valence-corrected chi connectivity index (χ1v) is 7.32. The summed E-state index contributed by atoms with van der Waals surface area (Å²) in [5, 5.41) is 8.15. The Bertz CT molecular complexity index is 481. The van der Waals surface area contributed by atoms with Crippen LogP contribution >= 0.6 is 11.3 Å². The van der Waals surface area contributed by atoms with Gasteiger partial charge in [0.1, 0.15) is 5.25 Å². The van der Waals surface area contributed by atoms with Crippen LogP contribution in [0.15, 0.2) is 16.8 Å². The van der Waals surface area contributed by atoms with E-state index in [1.807, 2.05) is 16.8 Å². The van der Waals surface area contributed by atoms with Crippen LogP contribution in [0.4, 0.5) is 0 Å². The Labute approximate surface area is 97.9 Å². The number of primary sulfonamides is 1. The molecule has 1 aliphatic heterocycles. The van der Waals surface area contributed by atoms with Crippen molar-refractivity contribution >= 4 is 27.3 Å². The summed E-state index contributed by atoms with van der Waals surface area (Å²) in [6.07, 6.45) is 0.00295. The number of carbonyl (C=O) groups excluding carboxylic acids is 1. The third-order valence-electron chi connectivity index (χ3n) is 2.60. The van der Waals surface area contributed by atoms with Crippen LogP contribution in [0.2, 0.25) is 0 Å². The number of rotatable bonds is 3. The lowest BCUT2D eigenvalue weighted by molar-refractivity contribution is -0.128. The van der Waals surface area contributed by atoms with Gasteiger partial charge in [-0.3, -0.25) is 4.79 Å². The van der Waals surface area contributed by atoms with Gasteiger partial charge in [-0.05, 0) is 22.4 Å². The quantitative estimate of drug-likeness (QED) is 0.839. The van der Waals surface area contributed by atoms with E-state index in [9.17, 15) is 13.2 Å². The minimum Gasteiger partial charge on any atom is -0.337 e. The monoisotopic (exact) mass is 260 g/mol. The van der Waals surface area contributed by atoms with Crippen molar-refractivity contribution in [2.75, 3.05) is 6.54 Å². The fourth-order valence-electron chi connectivity index (χ4n) is 1.71. The zero-order valence-electron chi connectivity index (χ0n) is 8.50. The number of nitrogens with two attached hydrogens (primary N) is 1. The predicted octanol–water partition coefficient (Wildman–Crippen LogP) is 0.138. The first-order chi connectivity index (χ1) is 7.47. The summed E-state index contributed by atoms with van der Waals surface area (Å²) < 4.78 is 22.3. The fourth-order valence-corrected chi connectivity index (χ4v) is 3.13. The standard InChI is InChI=1S/C9H12N2O3S2/c10-16(13,14)8-3-9(12)11(5-8)4-7-1-2-15-6-7/h1-2,6,8H,3-5H2,(H2,10,13,14). The van der Waals surface area contributed by atoms with Crippen LogP contribution in [0.5, 0.6) is 0 Å². The average Bonchev–Trinajstić information content (AvgIpc) is 2.76. The van der Waals surface area contributed by atoms with Gasteiger partial charge >= 0.3 is 0 Å². The van der Waals surface area contributed by atoms with E-state index < -0.39 is 15.3 Å². The molecule has 0 aromatic carbocycles. The lowest BCUT2D eigenvalue weighted by atomic mass is 10.3. The lowest BCUT2D eigenvalue weighted by Gasteiger charge is -2.14. The fraction of sp³-hybridized carbons (Fsp3) is 0.444. The Kier molecular flexibility index (Phi) is 3.00. The summed E-state index contributed by atoms with van der Waals surface area (Å²) in [7, 11) is -3.61. The summed E-state index contributed by atoms with van der Waals surface area (Å²) >= 11 is 1.55. The van der Waals surface area contributed by atoms with Crippen molar-refractivity contribution in [2.24, 2.45) is 5.14 Å². The Balaban J connectivity index is 2.06. The lowest BCUT2D eigenvalue weighted by Crippen LogP contribution is -2.31. The molecule has 2 heterocycles. The number of sulfonamides is 1. The first-order valence-electron chi connectivity index (χ1n) is 4.77. The molecule has 1 fully saturated rings. The topological polar surface area (TPSA) is 80.5 Å². The summed E-state index contributed by atoms with van der Waals surface area (Å²) in [6, 6.07) is 1.92. The van der Waals surface area contributed by atoms with Gasteiger partial charge in [-0.25, -0.2) is 13.6 Å². The first kappa shape index (κ1) is 11.6. The van der Waals surface area contributed by atoms with E-state index in [4.69, 9.17) is 5.14 Å². The Morgan fingerprint density at radius 1 is 1.56 bits per heavy atom. The molecule has 1 aliphatic rings. The summed E-state index contributed by atoms with van der Waals surface area (Å²) in [6.45, 7) is 0.669. The molecule has 7 heteroatoms. The van der Waals surface area contributed by atoms with Crippen molar-refractivity contribution in [1.82, 2.24) is 4.90 Å². The second kappa shape index (κ2) is 4.15. The van der Waals surface area contributed by atoms with Gasteiger partial charge in [-0.2, -0.15) is 11.3 Å². The molecule has 2 rings (SSSR count). The number of hydrogen-bond donors (Lipinski definition) is 1. The van der Waals surface area contributed by atoms with Gasteiger partial charge < -0.3 is 4.90 Å². The highest BCUT2D eigenvalue weighted by atomic mass is 32.2. The normalized spacial score (nSPS) is 21.7. The van der Waals surface area contributed by atoms with E-state index >= 15 is 0 Å². The predicted molar refractivity (Wildman–Crippen MR) is 61.2 cm³/mol. The molecule has 1 aromatic heterocycles. The largest absolute Gasteiger partial charge is 0.337 e. The van der Waals surface area contributed by atoms with Gasteiger partial charge in [0.05, 0.1) is 0 Å². The van der Waals surface area contributed by atoms with Gasteiger partial charge in [0, 0.05) is 19.5 Å². The van der Waals surface area contributed by atoms with Crippen molar-refractivity contribution in [3.63, 3.8) is 0 Å². The molecule has 0 spiro atoms. The molecule has 1 aromatic rings. The van der Waals surface area contributed by atoms with Gasteiger partial charge in [-0.1, -0.05) is 0 Å². The molecule has 1 amide bonds. The zero-order chi connectivity index (χ0) is 11.8. The van der Waals surface area contributed by atoms with E-state index in [1.165, 1.54) is 4.90 Å². The summed E-state index contributed by atoms with van der Waals surface area (Å²) in [5.41, 5.74) is 1.02. The highest BCUT2D eigenvalue weighted by molar-refractivity contribution is 7.89. The minimum absolute atomic E-state index is 0.00295. The van der Waals surface area contributed by atoms with E-state index in [0.717, 1.165) is 5.56 Å². The third-order valence-corrected chi connectivity index (χ3v) is 4.57. The Morgan fingerprint density at radius 3 is 2.81 bits per heavy atom. The number of likely N-dealkylation sites (tertiary alicyclic amines) is 1. The second-order valence-corrected chi connectivity index (χ2v) is 6.45. The van der Waals surface area contributed by atoms with E-state index in [1.54, 1.807) is 11.3 Å². The molecule has 16 heavy (non-hydrogen) atoms. The molecular weight excluding hydrogens is 248 g/mol. The van der Waals surface area contributed by atoms with Crippen LogP contribution in [0.3, 0.4) is 0 Å². The minimum atomic E-state index is -3.61. The van der Waals surface area contributed by atoms with E-state index in [2.05, 4.69) is 0 Å². The molecular formula is C9H12N2O3S2. The summed E-state index contributed by atoms with van der Waals surface area (Å²) in [5.74, 6) is -0.148.